The molecular weight excluding hydrogens is 214 g/mol. The van der Waals surface area contributed by atoms with Gasteiger partial charge >= 0.3 is 5.97 Å². The number of aryl methyl sites for hydroxylation is 1. The number of rotatable bonds is 4. The Kier molecular flexibility index (Phi) is 5.97. The van der Waals surface area contributed by atoms with E-state index in [1.807, 2.05) is 31.2 Å². The third kappa shape index (κ3) is 4.81. The van der Waals surface area contributed by atoms with Crippen LogP contribution in [-0.2, 0) is 11.2 Å². The van der Waals surface area contributed by atoms with Crippen molar-refractivity contribution in [1.29, 1.82) is 0 Å². The molecule has 3 N–H and O–H groups in total. The van der Waals surface area contributed by atoms with Gasteiger partial charge in [-0.1, -0.05) is 24.3 Å². The monoisotopic (exact) mass is 229 g/mol. The van der Waals surface area contributed by atoms with Crippen LogP contribution < -0.4 is 5.73 Å². The number of carbonyl (C=O) groups is 1. The van der Waals surface area contributed by atoms with Crippen molar-refractivity contribution in [2.75, 3.05) is 0 Å². The van der Waals surface area contributed by atoms with E-state index in [2.05, 4.69) is 0 Å². The fourth-order valence-electron chi connectivity index (χ4n) is 1.42. The minimum atomic E-state index is -0.842. The highest BCUT2D eigenvalue weighted by atomic mass is 35.5. The quantitative estimate of drug-likeness (QED) is 0.827. The van der Waals surface area contributed by atoms with Gasteiger partial charge in [0.2, 0.25) is 0 Å². The molecule has 0 aromatic heterocycles. The number of carboxylic acid groups (broad SMARTS) is 1. The van der Waals surface area contributed by atoms with Crippen LogP contribution in [0.15, 0.2) is 24.3 Å². The van der Waals surface area contributed by atoms with E-state index in [0.29, 0.717) is 6.42 Å². The number of nitrogens with two attached hydrogens (primary N) is 1. The highest BCUT2D eigenvalue weighted by molar-refractivity contribution is 5.85. The molecule has 0 spiro atoms. The largest absolute Gasteiger partial charge is 0.481 e. The third-order valence-corrected chi connectivity index (χ3v) is 2.18. The molecule has 0 radical (unpaired) electrons. The first-order chi connectivity index (χ1) is 6.59. The van der Waals surface area contributed by atoms with Gasteiger partial charge in [-0.2, -0.15) is 0 Å². The first-order valence-corrected chi connectivity index (χ1v) is 4.61. The summed E-state index contributed by atoms with van der Waals surface area (Å²) in [5, 5.41) is 8.55. The van der Waals surface area contributed by atoms with Crippen LogP contribution in [0.5, 0.6) is 0 Å². The summed E-state index contributed by atoms with van der Waals surface area (Å²) in [5.74, 6) is -0.842. The zero-order chi connectivity index (χ0) is 10.6. The zero-order valence-corrected chi connectivity index (χ0v) is 9.46. The molecular formula is C11H16ClNO2. The maximum Gasteiger partial charge on any atom is 0.304 e. The van der Waals surface area contributed by atoms with Gasteiger partial charge in [0.1, 0.15) is 0 Å². The van der Waals surface area contributed by atoms with E-state index in [0.717, 1.165) is 11.1 Å². The van der Waals surface area contributed by atoms with Gasteiger partial charge in [0.15, 0.2) is 0 Å². The Balaban J connectivity index is 0.00000196. The SMILES string of the molecule is Cc1ccccc1CC(N)CC(=O)O.Cl. The maximum absolute atomic E-state index is 10.4. The second kappa shape index (κ2) is 6.43. The van der Waals surface area contributed by atoms with Crippen LogP contribution in [0.25, 0.3) is 0 Å². The van der Waals surface area contributed by atoms with Crippen molar-refractivity contribution in [3.05, 3.63) is 35.4 Å². The molecule has 1 aromatic rings. The molecule has 0 bridgehead atoms. The molecule has 15 heavy (non-hydrogen) atoms. The Morgan fingerprint density at radius 2 is 2.07 bits per heavy atom. The second-order valence-electron chi connectivity index (χ2n) is 3.49. The molecule has 0 aliphatic heterocycles. The second-order valence-corrected chi connectivity index (χ2v) is 3.49. The van der Waals surface area contributed by atoms with E-state index in [9.17, 15) is 4.79 Å². The molecule has 0 heterocycles. The molecule has 1 unspecified atom stereocenters. The molecule has 0 aliphatic rings. The van der Waals surface area contributed by atoms with E-state index in [1.165, 1.54) is 0 Å². The topological polar surface area (TPSA) is 63.3 Å². The van der Waals surface area contributed by atoms with E-state index in [-0.39, 0.29) is 24.9 Å². The smallest absolute Gasteiger partial charge is 0.304 e. The van der Waals surface area contributed by atoms with Gasteiger partial charge in [-0.05, 0) is 24.5 Å². The standard InChI is InChI=1S/C11H15NO2.ClH/c1-8-4-2-3-5-9(8)6-10(12)7-11(13)14;/h2-5,10H,6-7,12H2,1H3,(H,13,14);1H. The summed E-state index contributed by atoms with van der Waals surface area (Å²) in [5.41, 5.74) is 7.98. The Bertz CT molecular complexity index is 328. The van der Waals surface area contributed by atoms with Crippen LogP contribution in [0.2, 0.25) is 0 Å². The summed E-state index contributed by atoms with van der Waals surface area (Å²) < 4.78 is 0. The van der Waals surface area contributed by atoms with Crippen LogP contribution in [0.3, 0.4) is 0 Å². The van der Waals surface area contributed by atoms with Crippen molar-refractivity contribution < 1.29 is 9.90 Å². The average molecular weight is 230 g/mol. The molecule has 0 amide bonds. The molecule has 1 rings (SSSR count). The van der Waals surface area contributed by atoms with Gasteiger partial charge in [-0.15, -0.1) is 12.4 Å². The average Bonchev–Trinajstić information content (AvgIpc) is 2.07. The van der Waals surface area contributed by atoms with Gasteiger partial charge in [0, 0.05) is 6.04 Å². The molecule has 1 atom stereocenters. The van der Waals surface area contributed by atoms with Gasteiger partial charge in [0.05, 0.1) is 6.42 Å². The van der Waals surface area contributed by atoms with Gasteiger partial charge in [0.25, 0.3) is 0 Å². The molecule has 0 saturated heterocycles. The molecule has 1 aromatic carbocycles. The van der Waals surface area contributed by atoms with Crippen molar-refractivity contribution in [3.63, 3.8) is 0 Å². The lowest BCUT2D eigenvalue weighted by Crippen LogP contribution is -2.26. The van der Waals surface area contributed by atoms with E-state index >= 15 is 0 Å². The van der Waals surface area contributed by atoms with Crippen LogP contribution in [0, 0.1) is 6.92 Å². The van der Waals surface area contributed by atoms with E-state index in [4.69, 9.17) is 10.8 Å². The fourth-order valence-corrected chi connectivity index (χ4v) is 1.42. The molecule has 4 heteroatoms. The van der Waals surface area contributed by atoms with Crippen LogP contribution in [0.4, 0.5) is 0 Å². The Morgan fingerprint density at radius 3 is 2.60 bits per heavy atom. The van der Waals surface area contributed by atoms with Gasteiger partial charge < -0.3 is 10.8 Å². The van der Waals surface area contributed by atoms with Gasteiger partial charge in [-0.3, -0.25) is 4.79 Å². The summed E-state index contributed by atoms with van der Waals surface area (Å²) >= 11 is 0. The van der Waals surface area contributed by atoms with Crippen LogP contribution >= 0.6 is 12.4 Å². The summed E-state index contributed by atoms with van der Waals surface area (Å²) in [6.07, 6.45) is 0.646. The number of benzene rings is 1. The third-order valence-electron chi connectivity index (χ3n) is 2.18. The molecule has 0 fully saturated rings. The minimum Gasteiger partial charge on any atom is -0.481 e. The number of hydrogen-bond donors (Lipinski definition) is 2. The highest BCUT2D eigenvalue weighted by Gasteiger charge is 2.09. The first kappa shape index (κ1) is 13.9. The van der Waals surface area contributed by atoms with E-state index < -0.39 is 5.97 Å². The Morgan fingerprint density at radius 1 is 1.47 bits per heavy atom. The van der Waals surface area contributed by atoms with Gasteiger partial charge in [-0.25, -0.2) is 0 Å². The summed E-state index contributed by atoms with van der Waals surface area (Å²) in [6, 6.07) is 7.59. The predicted molar refractivity (Wildman–Crippen MR) is 62.4 cm³/mol. The number of aliphatic carboxylic acids is 1. The number of carboxylic acids is 1. The Labute approximate surface area is 95.7 Å². The Hall–Kier alpha value is -1.06. The highest BCUT2D eigenvalue weighted by Crippen LogP contribution is 2.10. The number of hydrogen-bond acceptors (Lipinski definition) is 2. The lowest BCUT2D eigenvalue weighted by atomic mass is 10.00. The molecule has 84 valence electrons. The summed E-state index contributed by atoms with van der Waals surface area (Å²) in [7, 11) is 0. The first-order valence-electron chi connectivity index (χ1n) is 4.61. The summed E-state index contributed by atoms with van der Waals surface area (Å²) in [6.45, 7) is 2.00. The zero-order valence-electron chi connectivity index (χ0n) is 8.64. The number of halogens is 1. The van der Waals surface area contributed by atoms with Crippen LogP contribution in [-0.4, -0.2) is 17.1 Å². The normalized spacial score (nSPS) is 11.6. The molecule has 3 nitrogen and oxygen atoms in total. The predicted octanol–water partition coefficient (Wildman–Crippen LogP) is 1.76. The lowest BCUT2D eigenvalue weighted by Gasteiger charge is -2.10. The molecule has 0 aliphatic carbocycles. The summed E-state index contributed by atoms with van der Waals surface area (Å²) in [4.78, 5) is 10.4. The van der Waals surface area contributed by atoms with Crippen LogP contribution in [0.1, 0.15) is 17.5 Å². The maximum atomic E-state index is 10.4. The minimum absolute atomic E-state index is 0. The van der Waals surface area contributed by atoms with Crippen molar-refractivity contribution >= 4 is 18.4 Å². The lowest BCUT2D eigenvalue weighted by molar-refractivity contribution is -0.137. The molecule has 0 saturated carbocycles. The van der Waals surface area contributed by atoms with Crippen molar-refractivity contribution in [2.24, 2.45) is 5.73 Å². The van der Waals surface area contributed by atoms with E-state index in [1.54, 1.807) is 0 Å². The van der Waals surface area contributed by atoms with Crippen molar-refractivity contribution in [2.45, 2.75) is 25.8 Å². The fraction of sp³-hybridized carbons (Fsp3) is 0.364. The van der Waals surface area contributed by atoms with Crippen molar-refractivity contribution in [1.82, 2.24) is 0 Å². The van der Waals surface area contributed by atoms with Crippen molar-refractivity contribution in [3.8, 4) is 0 Å².